The van der Waals surface area contributed by atoms with Crippen molar-refractivity contribution in [1.29, 1.82) is 0 Å². The summed E-state index contributed by atoms with van der Waals surface area (Å²) in [4.78, 5) is 1.97. The van der Waals surface area contributed by atoms with Crippen molar-refractivity contribution < 1.29 is 16.8 Å². The average Bonchev–Trinajstić information content (AvgIpc) is 3.13. The molecule has 1 atom stereocenters. The lowest BCUT2D eigenvalue weighted by molar-refractivity contribution is 0.372. The highest BCUT2D eigenvalue weighted by Gasteiger charge is 2.35. The van der Waals surface area contributed by atoms with Gasteiger partial charge in [0.05, 0.1) is 23.8 Å². The summed E-state index contributed by atoms with van der Waals surface area (Å²) in [6, 6.07) is 14.1. The molecular formula is C20H26N4O4S2. The van der Waals surface area contributed by atoms with E-state index in [-0.39, 0.29) is 5.75 Å². The van der Waals surface area contributed by atoms with Gasteiger partial charge in [0.1, 0.15) is 0 Å². The van der Waals surface area contributed by atoms with E-state index in [2.05, 4.69) is 9.82 Å². The zero-order chi connectivity index (χ0) is 22.1. The zero-order valence-electron chi connectivity index (χ0n) is 17.4. The Labute approximate surface area is 178 Å². The molecule has 30 heavy (non-hydrogen) atoms. The van der Waals surface area contributed by atoms with Crippen LogP contribution in [0.2, 0.25) is 0 Å². The van der Waals surface area contributed by atoms with Gasteiger partial charge in [0.15, 0.2) is 0 Å². The van der Waals surface area contributed by atoms with Gasteiger partial charge in [0, 0.05) is 31.9 Å². The summed E-state index contributed by atoms with van der Waals surface area (Å²) in [5, 5.41) is 4.43. The highest BCUT2D eigenvalue weighted by Crippen LogP contribution is 2.36. The number of rotatable bonds is 7. The number of hydrazone groups is 1. The molecule has 0 radical (unpaired) electrons. The maximum absolute atomic E-state index is 12.7. The van der Waals surface area contributed by atoms with Crippen molar-refractivity contribution in [3.05, 3.63) is 59.7 Å². The first-order valence-corrected chi connectivity index (χ1v) is 13.0. The molecule has 1 aliphatic rings. The molecule has 0 fully saturated rings. The fourth-order valence-electron chi connectivity index (χ4n) is 3.27. The molecule has 3 rings (SSSR count). The number of nitrogens with one attached hydrogen (secondary N) is 1. The SMILES string of the molecule is CCS(=O)(=O)N1N=C(c2cccc(NS(C)(=O)=O)c2)CC1c1ccc(N(C)C)cc1. The smallest absolute Gasteiger partial charge is 0.250 e. The van der Waals surface area contributed by atoms with Crippen LogP contribution in [0.1, 0.15) is 30.5 Å². The maximum Gasteiger partial charge on any atom is 0.250 e. The number of benzene rings is 2. The lowest BCUT2D eigenvalue weighted by atomic mass is 9.98. The molecule has 1 heterocycles. The Hall–Kier alpha value is -2.59. The van der Waals surface area contributed by atoms with E-state index in [1.807, 2.05) is 43.3 Å². The van der Waals surface area contributed by atoms with Crippen molar-refractivity contribution in [2.75, 3.05) is 35.7 Å². The molecule has 0 saturated carbocycles. The highest BCUT2D eigenvalue weighted by atomic mass is 32.2. The van der Waals surface area contributed by atoms with E-state index in [4.69, 9.17) is 0 Å². The van der Waals surface area contributed by atoms with Crippen molar-refractivity contribution in [2.45, 2.75) is 19.4 Å². The predicted octanol–water partition coefficient (Wildman–Crippen LogP) is 2.62. The topological polar surface area (TPSA) is 99.1 Å². The van der Waals surface area contributed by atoms with Crippen molar-refractivity contribution in [3.8, 4) is 0 Å². The van der Waals surface area contributed by atoms with Crippen LogP contribution in [0.3, 0.4) is 0 Å². The number of nitrogens with zero attached hydrogens (tertiary/aromatic N) is 3. The monoisotopic (exact) mass is 450 g/mol. The number of sulfonamides is 2. The Morgan fingerprint density at radius 1 is 1.10 bits per heavy atom. The van der Waals surface area contributed by atoms with Crippen molar-refractivity contribution in [3.63, 3.8) is 0 Å². The van der Waals surface area contributed by atoms with Crippen LogP contribution in [0.5, 0.6) is 0 Å². The second-order valence-corrected chi connectivity index (χ2v) is 11.2. The Kier molecular flexibility index (Phi) is 6.09. The largest absolute Gasteiger partial charge is 0.378 e. The van der Waals surface area contributed by atoms with Crippen molar-refractivity contribution in [1.82, 2.24) is 4.41 Å². The molecule has 0 aromatic heterocycles. The van der Waals surface area contributed by atoms with Crippen molar-refractivity contribution >= 4 is 37.1 Å². The van der Waals surface area contributed by atoms with Crippen LogP contribution in [0.15, 0.2) is 53.6 Å². The second kappa shape index (κ2) is 8.27. The van der Waals surface area contributed by atoms with E-state index in [1.165, 1.54) is 4.41 Å². The summed E-state index contributed by atoms with van der Waals surface area (Å²) < 4.78 is 52.1. The third kappa shape index (κ3) is 4.93. The molecule has 162 valence electrons. The minimum Gasteiger partial charge on any atom is -0.378 e. The van der Waals surface area contributed by atoms with Crippen LogP contribution in [-0.2, 0) is 20.0 Å². The van der Waals surface area contributed by atoms with Gasteiger partial charge in [-0.1, -0.05) is 24.3 Å². The minimum atomic E-state index is -3.58. The minimum absolute atomic E-state index is 0.0638. The van der Waals surface area contributed by atoms with Gasteiger partial charge in [0.2, 0.25) is 20.0 Å². The molecule has 2 aromatic rings. The first-order chi connectivity index (χ1) is 14.0. The second-order valence-electron chi connectivity index (χ2n) is 7.38. The highest BCUT2D eigenvalue weighted by molar-refractivity contribution is 7.92. The summed E-state index contributed by atoms with van der Waals surface area (Å²) in [5.74, 6) is -0.0638. The van der Waals surface area contributed by atoms with E-state index in [9.17, 15) is 16.8 Å². The molecule has 0 saturated heterocycles. The molecule has 2 aromatic carbocycles. The molecule has 0 spiro atoms. The fourth-order valence-corrected chi connectivity index (χ4v) is 4.90. The Morgan fingerprint density at radius 3 is 2.33 bits per heavy atom. The number of hydrogen-bond donors (Lipinski definition) is 1. The van der Waals surface area contributed by atoms with Gasteiger partial charge in [-0.25, -0.2) is 16.8 Å². The van der Waals surface area contributed by atoms with Crippen LogP contribution in [0.25, 0.3) is 0 Å². The Balaban J connectivity index is 1.98. The zero-order valence-corrected chi connectivity index (χ0v) is 19.0. The van der Waals surface area contributed by atoms with E-state index in [0.717, 1.165) is 17.5 Å². The van der Waals surface area contributed by atoms with Gasteiger partial charge in [-0.2, -0.15) is 9.52 Å². The summed E-state index contributed by atoms with van der Waals surface area (Å²) in [7, 11) is -3.11. The molecule has 1 aliphatic heterocycles. The lowest BCUT2D eigenvalue weighted by Gasteiger charge is -2.23. The average molecular weight is 451 g/mol. The summed E-state index contributed by atoms with van der Waals surface area (Å²) in [6.07, 6.45) is 1.47. The number of hydrogen-bond acceptors (Lipinski definition) is 6. The van der Waals surface area contributed by atoms with Crippen LogP contribution in [0.4, 0.5) is 11.4 Å². The Bertz CT molecular complexity index is 1160. The first kappa shape index (κ1) is 22.1. The molecule has 0 bridgehead atoms. The van der Waals surface area contributed by atoms with Crippen LogP contribution in [0, 0.1) is 0 Å². The molecular weight excluding hydrogens is 424 g/mol. The van der Waals surface area contributed by atoms with E-state index in [1.54, 1.807) is 31.2 Å². The van der Waals surface area contributed by atoms with E-state index in [0.29, 0.717) is 23.4 Å². The van der Waals surface area contributed by atoms with Crippen LogP contribution in [-0.4, -0.2) is 53.1 Å². The maximum atomic E-state index is 12.7. The van der Waals surface area contributed by atoms with Gasteiger partial charge in [-0.05, 0) is 42.3 Å². The molecule has 10 heteroatoms. The normalized spacial score (nSPS) is 17.0. The summed E-state index contributed by atoms with van der Waals surface area (Å²) in [5.41, 5.74) is 3.53. The quantitative estimate of drug-likeness (QED) is 0.699. The lowest BCUT2D eigenvalue weighted by Crippen LogP contribution is -2.28. The molecule has 0 amide bonds. The number of anilines is 2. The Morgan fingerprint density at radius 2 is 1.77 bits per heavy atom. The van der Waals surface area contributed by atoms with Gasteiger partial charge < -0.3 is 4.90 Å². The van der Waals surface area contributed by atoms with Gasteiger partial charge in [-0.3, -0.25) is 4.72 Å². The third-order valence-electron chi connectivity index (χ3n) is 4.82. The molecule has 0 aliphatic carbocycles. The van der Waals surface area contributed by atoms with Crippen LogP contribution < -0.4 is 9.62 Å². The van der Waals surface area contributed by atoms with E-state index < -0.39 is 26.1 Å². The van der Waals surface area contributed by atoms with Crippen molar-refractivity contribution in [2.24, 2.45) is 5.10 Å². The predicted molar refractivity (Wildman–Crippen MR) is 121 cm³/mol. The standard InChI is InChI=1S/C20H26N4O4S2/c1-5-30(27,28)24-20(15-9-11-18(12-10-15)23(2)3)14-19(21-24)16-7-6-8-17(13-16)22-29(4,25)26/h6-13,20,22H,5,14H2,1-4H3. The summed E-state index contributed by atoms with van der Waals surface area (Å²) >= 11 is 0. The summed E-state index contributed by atoms with van der Waals surface area (Å²) in [6.45, 7) is 1.59. The van der Waals surface area contributed by atoms with E-state index >= 15 is 0 Å². The molecule has 8 nitrogen and oxygen atoms in total. The third-order valence-corrected chi connectivity index (χ3v) is 7.06. The molecule has 1 N–H and O–H groups in total. The fraction of sp³-hybridized carbons (Fsp3) is 0.350. The first-order valence-electron chi connectivity index (χ1n) is 9.45. The van der Waals surface area contributed by atoms with Crippen LogP contribution >= 0.6 is 0 Å². The van der Waals surface area contributed by atoms with Gasteiger partial charge in [0.25, 0.3) is 0 Å². The molecule has 1 unspecified atom stereocenters. The van der Waals surface area contributed by atoms with Gasteiger partial charge in [-0.15, -0.1) is 0 Å². The van der Waals surface area contributed by atoms with Gasteiger partial charge >= 0.3 is 0 Å².